The van der Waals surface area contributed by atoms with Crippen LogP contribution in [0.5, 0.6) is 5.75 Å². The summed E-state index contributed by atoms with van der Waals surface area (Å²) in [6.07, 6.45) is 1.28. The molecule has 0 amide bonds. The van der Waals surface area contributed by atoms with Gasteiger partial charge in [-0.15, -0.1) is 0 Å². The molecule has 2 rings (SSSR count). The van der Waals surface area contributed by atoms with E-state index in [1.54, 1.807) is 7.11 Å². The van der Waals surface area contributed by atoms with Gasteiger partial charge in [0.1, 0.15) is 5.75 Å². The summed E-state index contributed by atoms with van der Waals surface area (Å²) in [5.41, 5.74) is 3.07. The molecule has 1 aromatic rings. The number of benzene rings is 1. The fraction of sp³-hybridized carbons (Fsp3) is 0.500. The second kappa shape index (κ2) is 3.43. The molecule has 0 spiro atoms. The predicted molar refractivity (Wildman–Crippen MR) is 62.7 cm³/mol. The third-order valence-corrected chi connectivity index (χ3v) is 6.10. The highest BCUT2D eigenvalue weighted by Crippen LogP contribution is 2.30. The number of methoxy groups -OCH3 is 1. The summed E-state index contributed by atoms with van der Waals surface area (Å²) in [4.78, 5) is 0. The number of ether oxygens (including phenoxy) is 1. The predicted octanol–water partition coefficient (Wildman–Crippen LogP) is 3.04. The lowest BCUT2D eigenvalue weighted by atomic mass is 10.1. The van der Waals surface area contributed by atoms with E-state index >= 15 is 0 Å². The van der Waals surface area contributed by atoms with Crippen molar-refractivity contribution in [3.8, 4) is 5.75 Å². The molecular weight excluding hydrogens is 188 g/mol. The standard InChI is InChI=1S/C12H18OSi/c1-13-12-5-4-10-6-7-14(2,3)9-11(10)8-12/h4-5,8H,6-7,9H2,1-3H3. The van der Waals surface area contributed by atoms with E-state index in [0.717, 1.165) is 5.75 Å². The Morgan fingerprint density at radius 2 is 2.00 bits per heavy atom. The van der Waals surface area contributed by atoms with Gasteiger partial charge in [-0.3, -0.25) is 0 Å². The van der Waals surface area contributed by atoms with Crippen LogP contribution in [0.15, 0.2) is 18.2 Å². The molecule has 0 atom stereocenters. The zero-order chi connectivity index (χ0) is 10.2. The first-order valence-corrected chi connectivity index (χ1v) is 8.68. The Morgan fingerprint density at radius 1 is 1.21 bits per heavy atom. The quantitative estimate of drug-likeness (QED) is 0.642. The van der Waals surface area contributed by atoms with Crippen LogP contribution < -0.4 is 4.74 Å². The lowest BCUT2D eigenvalue weighted by molar-refractivity contribution is 0.414. The van der Waals surface area contributed by atoms with E-state index in [2.05, 4.69) is 31.3 Å². The molecule has 0 fully saturated rings. The topological polar surface area (TPSA) is 9.23 Å². The van der Waals surface area contributed by atoms with Crippen molar-refractivity contribution in [3.05, 3.63) is 29.3 Å². The minimum atomic E-state index is -0.933. The first-order chi connectivity index (χ1) is 6.61. The van der Waals surface area contributed by atoms with Crippen molar-refractivity contribution in [3.63, 3.8) is 0 Å². The Morgan fingerprint density at radius 3 is 2.71 bits per heavy atom. The number of rotatable bonds is 1. The van der Waals surface area contributed by atoms with Crippen molar-refractivity contribution in [2.45, 2.75) is 31.6 Å². The van der Waals surface area contributed by atoms with Gasteiger partial charge >= 0.3 is 0 Å². The van der Waals surface area contributed by atoms with Gasteiger partial charge in [-0.2, -0.15) is 0 Å². The number of aryl methyl sites for hydroxylation is 1. The molecule has 0 aromatic heterocycles. The maximum Gasteiger partial charge on any atom is 0.119 e. The molecule has 1 aliphatic rings. The molecule has 1 heterocycles. The second-order valence-electron chi connectivity index (χ2n) is 4.98. The molecular formula is C12H18OSi. The van der Waals surface area contributed by atoms with Gasteiger partial charge in [0.25, 0.3) is 0 Å². The highest BCUT2D eigenvalue weighted by atomic mass is 28.3. The van der Waals surface area contributed by atoms with Crippen LogP contribution >= 0.6 is 0 Å². The molecule has 0 saturated carbocycles. The van der Waals surface area contributed by atoms with Gasteiger partial charge < -0.3 is 4.74 Å². The van der Waals surface area contributed by atoms with Crippen molar-refractivity contribution >= 4 is 8.07 Å². The molecule has 0 aliphatic carbocycles. The fourth-order valence-electron chi connectivity index (χ4n) is 2.21. The van der Waals surface area contributed by atoms with Crippen LogP contribution in [0.4, 0.5) is 0 Å². The molecule has 1 aromatic carbocycles. The maximum atomic E-state index is 5.26. The lowest BCUT2D eigenvalue weighted by Gasteiger charge is -2.29. The minimum absolute atomic E-state index is 0.933. The summed E-state index contributed by atoms with van der Waals surface area (Å²) in [6, 6.07) is 9.30. The normalized spacial score (nSPS) is 18.8. The van der Waals surface area contributed by atoms with Gasteiger partial charge in [0, 0.05) is 0 Å². The summed E-state index contributed by atoms with van der Waals surface area (Å²) in [5.74, 6) is 1.01. The smallest absolute Gasteiger partial charge is 0.119 e. The Labute approximate surface area is 87.1 Å². The molecule has 0 unspecified atom stereocenters. The Hall–Kier alpha value is -0.763. The van der Waals surface area contributed by atoms with Crippen LogP contribution in [0.3, 0.4) is 0 Å². The van der Waals surface area contributed by atoms with Gasteiger partial charge in [0.2, 0.25) is 0 Å². The van der Waals surface area contributed by atoms with Crippen LogP contribution in [0.1, 0.15) is 11.1 Å². The van der Waals surface area contributed by atoms with Crippen molar-refractivity contribution in [1.29, 1.82) is 0 Å². The van der Waals surface area contributed by atoms with Crippen LogP contribution in [-0.2, 0) is 12.5 Å². The second-order valence-corrected chi connectivity index (χ2v) is 10.2. The molecule has 14 heavy (non-hydrogen) atoms. The van der Waals surface area contributed by atoms with Crippen LogP contribution in [0, 0.1) is 0 Å². The van der Waals surface area contributed by atoms with Crippen molar-refractivity contribution in [2.24, 2.45) is 0 Å². The maximum absolute atomic E-state index is 5.26. The van der Waals surface area contributed by atoms with Gasteiger partial charge in [-0.1, -0.05) is 25.2 Å². The minimum Gasteiger partial charge on any atom is -0.497 e. The molecule has 0 radical (unpaired) electrons. The third kappa shape index (κ3) is 1.85. The number of hydrogen-bond donors (Lipinski definition) is 0. The van der Waals surface area contributed by atoms with Gasteiger partial charge in [0.15, 0.2) is 0 Å². The zero-order valence-corrected chi connectivity index (χ0v) is 10.3. The molecule has 76 valence electrons. The summed E-state index contributed by atoms with van der Waals surface area (Å²) >= 11 is 0. The van der Waals surface area contributed by atoms with E-state index in [0.29, 0.717) is 0 Å². The summed E-state index contributed by atoms with van der Waals surface area (Å²) in [5, 5.41) is 0. The van der Waals surface area contributed by atoms with Gasteiger partial charge in [-0.25, -0.2) is 0 Å². The Bertz CT molecular complexity index is 344. The summed E-state index contributed by atoms with van der Waals surface area (Å²) in [6.45, 7) is 4.96. The molecule has 2 heteroatoms. The van der Waals surface area contributed by atoms with Crippen LogP contribution in [0.25, 0.3) is 0 Å². The zero-order valence-electron chi connectivity index (χ0n) is 9.26. The van der Waals surface area contributed by atoms with E-state index < -0.39 is 8.07 Å². The van der Waals surface area contributed by atoms with Crippen LogP contribution in [0.2, 0.25) is 19.1 Å². The number of fused-ring (bicyclic) bond motifs is 1. The van der Waals surface area contributed by atoms with Crippen molar-refractivity contribution < 1.29 is 4.74 Å². The van der Waals surface area contributed by atoms with Crippen LogP contribution in [-0.4, -0.2) is 15.2 Å². The fourth-order valence-corrected chi connectivity index (χ4v) is 4.70. The van der Waals surface area contributed by atoms with Gasteiger partial charge in [0.05, 0.1) is 15.2 Å². The first-order valence-electron chi connectivity index (χ1n) is 5.26. The van der Waals surface area contributed by atoms with Crippen molar-refractivity contribution in [2.75, 3.05) is 7.11 Å². The first kappa shape index (κ1) is 9.78. The molecule has 0 N–H and O–H groups in total. The Kier molecular flexibility index (Phi) is 2.39. The van der Waals surface area contributed by atoms with E-state index in [9.17, 15) is 0 Å². The molecule has 0 bridgehead atoms. The number of hydrogen-bond acceptors (Lipinski definition) is 1. The van der Waals surface area contributed by atoms with E-state index in [4.69, 9.17) is 4.74 Å². The van der Waals surface area contributed by atoms with E-state index in [-0.39, 0.29) is 0 Å². The van der Waals surface area contributed by atoms with E-state index in [1.165, 1.54) is 29.6 Å². The summed E-state index contributed by atoms with van der Waals surface area (Å²) < 4.78 is 5.26. The Balaban J connectivity index is 2.34. The molecule has 1 nitrogen and oxygen atoms in total. The summed E-state index contributed by atoms with van der Waals surface area (Å²) in [7, 11) is 0.810. The molecule has 1 aliphatic heterocycles. The monoisotopic (exact) mass is 206 g/mol. The third-order valence-electron chi connectivity index (χ3n) is 3.15. The average Bonchev–Trinajstić information content (AvgIpc) is 2.15. The molecule has 0 saturated heterocycles. The SMILES string of the molecule is COc1ccc2c(c1)C[Si](C)(C)CC2. The van der Waals surface area contributed by atoms with Gasteiger partial charge in [-0.05, 0) is 35.7 Å². The highest BCUT2D eigenvalue weighted by Gasteiger charge is 2.26. The highest BCUT2D eigenvalue weighted by molar-refractivity contribution is 6.77. The van der Waals surface area contributed by atoms with E-state index in [1.807, 2.05) is 0 Å². The lowest BCUT2D eigenvalue weighted by Crippen LogP contribution is -2.33. The van der Waals surface area contributed by atoms with Crippen molar-refractivity contribution in [1.82, 2.24) is 0 Å². The average molecular weight is 206 g/mol. The largest absolute Gasteiger partial charge is 0.497 e.